The topological polar surface area (TPSA) is 94.1 Å². The number of aromatic nitrogens is 3. The van der Waals surface area contributed by atoms with Gasteiger partial charge in [-0.2, -0.15) is 4.68 Å². The van der Waals surface area contributed by atoms with Crippen LogP contribution >= 0.6 is 0 Å². The van der Waals surface area contributed by atoms with E-state index in [4.69, 9.17) is 5.73 Å². The predicted octanol–water partition coefficient (Wildman–Crippen LogP) is 1.02. The zero-order chi connectivity index (χ0) is 15.8. The molecule has 2 rings (SSSR count). The number of hydrogen-bond donors (Lipinski definition) is 1. The number of rotatable bonds is 4. The van der Waals surface area contributed by atoms with E-state index in [-0.39, 0.29) is 10.7 Å². The summed E-state index contributed by atoms with van der Waals surface area (Å²) in [5.74, 6) is 0.903. The number of nitrogens with two attached hydrogens (primary N) is 1. The predicted molar refractivity (Wildman–Crippen MR) is 82.6 cm³/mol. The normalized spacial score (nSPS) is 11.6. The number of sulfone groups is 1. The van der Waals surface area contributed by atoms with Crippen LogP contribution in [0.4, 0.5) is 11.6 Å². The Balaban J connectivity index is 2.73. The van der Waals surface area contributed by atoms with Gasteiger partial charge in [-0.3, -0.25) is 0 Å². The van der Waals surface area contributed by atoms with Gasteiger partial charge in [-0.1, -0.05) is 0 Å². The van der Waals surface area contributed by atoms with Gasteiger partial charge in [0.1, 0.15) is 5.82 Å². The van der Waals surface area contributed by atoms with Crippen LogP contribution in [0.5, 0.6) is 0 Å². The first-order valence-corrected chi connectivity index (χ1v) is 8.37. The minimum Gasteiger partial charge on any atom is -0.382 e. The van der Waals surface area contributed by atoms with E-state index >= 15 is 0 Å². The Morgan fingerprint density at radius 1 is 1.43 bits per heavy atom. The van der Waals surface area contributed by atoms with Crippen molar-refractivity contribution in [3.05, 3.63) is 23.9 Å². The van der Waals surface area contributed by atoms with Crippen molar-refractivity contribution in [2.45, 2.75) is 18.7 Å². The first kappa shape index (κ1) is 15.3. The number of hydrogen-bond acceptors (Lipinski definition) is 6. The molecule has 0 aliphatic rings. The van der Waals surface area contributed by atoms with Crippen LogP contribution in [0, 0.1) is 6.92 Å². The smallest absolute Gasteiger partial charge is 0.182 e. The number of anilines is 2. The maximum Gasteiger partial charge on any atom is 0.182 e. The average molecular weight is 309 g/mol. The van der Waals surface area contributed by atoms with Crippen molar-refractivity contribution in [1.29, 1.82) is 0 Å². The molecule has 0 aliphatic heterocycles. The summed E-state index contributed by atoms with van der Waals surface area (Å²) in [6, 6.07) is 3.64. The molecule has 0 aliphatic carbocycles. The third kappa shape index (κ3) is 2.85. The summed E-state index contributed by atoms with van der Waals surface area (Å²) in [5.41, 5.74) is 7.01. The van der Waals surface area contributed by atoms with Crippen LogP contribution in [0.3, 0.4) is 0 Å². The van der Waals surface area contributed by atoms with Gasteiger partial charge >= 0.3 is 0 Å². The molecule has 7 nitrogen and oxygen atoms in total. The fourth-order valence-corrected chi connectivity index (χ4v) is 2.97. The van der Waals surface area contributed by atoms with E-state index < -0.39 is 9.84 Å². The molecule has 0 unspecified atom stereocenters. The molecule has 114 valence electrons. The molecular formula is C13H19N5O2S. The van der Waals surface area contributed by atoms with Crippen LogP contribution in [-0.2, 0) is 9.84 Å². The zero-order valence-corrected chi connectivity index (χ0v) is 13.3. The fourth-order valence-electron chi connectivity index (χ4n) is 1.97. The SMILES string of the molecule is CCN(C)c1nn(-c2cc(C)ccn2)c(N)c1S(C)(=O)=O. The van der Waals surface area contributed by atoms with Crippen LogP contribution in [0.15, 0.2) is 23.2 Å². The second-order valence-corrected chi connectivity index (χ2v) is 6.88. The lowest BCUT2D eigenvalue weighted by molar-refractivity contribution is 0.602. The molecule has 2 N–H and O–H groups in total. The van der Waals surface area contributed by atoms with Crippen LogP contribution in [0.2, 0.25) is 0 Å². The lowest BCUT2D eigenvalue weighted by Crippen LogP contribution is -2.19. The lowest BCUT2D eigenvalue weighted by atomic mass is 10.3. The Hall–Kier alpha value is -2.09. The largest absolute Gasteiger partial charge is 0.382 e. The monoisotopic (exact) mass is 309 g/mol. The lowest BCUT2D eigenvalue weighted by Gasteiger charge is -2.14. The molecule has 0 atom stereocenters. The zero-order valence-electron chi connectivity index (χ0n) is 12.5. The third-order valence-corrected chi connectivity index (χ3v) is 4.32. The Labute approximate surface area is 124 Å². The molecule has 0 spiro atoms. The summed E-state index contributed by atoms with van der Waals surface area (Å²) in [6.07, 6.45) is 2.76. The van der Waals surface area contributed by atoms with Crippen molar-refractivity contribution in [3.8, 4) is 5.82 Å². The van der Waals surface area contributed by atoms with Crippen LogP contribution in [-0.4, -0.2) is 43.0 Å². The summed E-state index contributed by atoms with van der Waals surface area (Å²) in [4.78, 5) is 5.97. The number of nitrogen functional groups attached to an aromatic ring is 1. The highest BCUT2D eigenvalue weighted by molar-refractivity contribution is 7.91. The van der Waals surface area contributed by atoms with Crippen molar-refractivity contribution in [1.82, 2.24) is 14.8 Å². The Kier molecular flexibility index (Phi) is 3.91. The van der Waals surface area contributed by atoms with Gasteiger partial charge in [0.15, 0.2) is 26.4 Å². The van der Waals surface area contributed by atoms with E-state index in [1.54, 1.807) is 24.2 Å². The van der Waals surface area contributed by atoms with Crippen LogP contribution in [0.25, 0.3) is 5.82 Å². The Morgan fingerprint density at radius 2 is 2.10 bits per heavy atom. The van der Waals surface area contributed by atoms with E-state index in [9.17, 15) is 8.42 Å². The average Bonchev–Trinajstić information content (AvgIpc) is 2.75. The molecule has 0 aromatic carbocycles. The van der Waals surface area contributed by atoms with E-state index in [0.717, 1.165) is 11.8 Å². The van der Waals surface area contributed by atoms with Gasteiger partial charge in [-0.25, -0.2) is 13.4 Å². The summed E-state index contributed by atoms with van der Waals surface area (Å²) in [7, 11) is -1.73. The number of nitrogens with zero attached hydrogens (tertiary/aromatic N) is 4. The van der Waals surface area contributed by atoms with Gasteiger partial charge in [-0.15, -0.1) is 5.10 Å². The molecule has 21 heavy (non-hydrogen) atoms. The van der Waals surface area contributed by atoms with Crippen molar-refractivity contribution >= 4 is 21.5 Å². The molecule has 0 bridgehead atoms. The summed E-state index contributed by atoms with van der Waals surface area (Å²) in [6.45, 7) is 4.44. The molecule has 0 amide bonds. The number of aryl methyl sites for hydroxylation is 1. The summed E-state index contributed by atoms with van der Waals surface area (Å²) >= 11 is 0. The highest BCUT2D eigenvalue weighted by Crippen LogP contribution is 2.31. The van der Waals surface area contributed by atoms with E-state index in [0.29, 0.717) is 18.2 Å². The maximum absolute atomic E-state index is 12.0. The molecule has 8 heteroatoms. The second-order valence-electron chi connectivity index (χ2n) is 4.93. The fraction of sp³-hybridized carbons (Fsp3) is 0.385. The van der Waals surface area contributed by atoms with Crippen molar-refractivity contribution in [2.75, 3.05) is 30.5 Å². The van der Waals surface area contributed by atoms with Crippen molar-refractivity contribution < 1.29 is 8.42 Å². The second kappa shape index (κ2) is 5.36. The van der Waals surface area contributed by atoms with Gasteiger partial charge in [0.25, 0.3) is 0 Å². The quantitative estimate of drug-likeness (QED) is 0.906. The van der Waals surface area contributed by atoms with Gasteiger partial charge in [-0.05, 0) is 31.5 Å². The van der Waals surface area contributed by atoms with Crippen molar-refractivity contribution in [2.24, 2.45) is 0 Å². The van der Waals surface area contributed by atoms with E-state index in [2.05, 4.69) is 10.1 Å². The van der Waals surface area contributed by atoms with E-state index in [1.165, 1.54) is 4.68 Å². The van der Waals surface area contributed by atoms with Gasteiger partial charge < -0.3 is 10.6 Å². The van der Waals surface area contributed by atoms with Gasteiger partial charge in [0.2, 0.25) is 0 Å². The molecule has 2 heterocycles. The molecule has 2 aromatic rings. The van der Waals surface area contributed by atoms with Gasteiger partial charge in [0, 0.05) is 26.0 Å². The first-order chi connectivity index (χ1) is 9.75. The maximum atomic E-state index is 12.0. The molecule has 2 aromatic heterocycles. The highest BCUT2D eigenvalue weighted by atomic mass is 32.2. The third-order valence-electron chi connectivity index (χ3n) is 3.18. The molecule has 0 fully saturated rings. The van der Waals surface area contributed by atoms with Crippen molar-refractivity contribution in [3.63, 3.8) is 0 Å². The summed E-state index contributed by atoms with van der Waals surface area (Å²) in [5, 5.41) is 4.33. The minimum absolute atomic E-state index is 0.0372. The Bertz CT molecular complexity index is 767. The number of pyridine rings is 1. The highest BCUT2D eigenvalue weighted by Gasteiger charge is 2.26. The first-order valence-electron chi connectivity index (χ1n) is 6.48. The Morgan fingerprint density at radius 3 is 2.62 bits per heavy atom. The standard InChI is InChI=1S/C13H19N5O2S/c1-5-17(3)13-11(21(4,19)20)12(14)18(16-13)10-8-9(2)6-7-15-10/h6-8H,5,14H2,1-4H3. The molecule has 0 saturated carbocycles. The van der Waals surface area contributed by atoms with Gasteiger partial charge in [0.05, 0.1) is 0 Å². The van der Waals surface area contributed by atoms with Crippen LogP contribution in [0.1, 0.15) is 12.5 Å². The molecule has 0 saturated heterocycles. The molecule has 0 radical (unpaired) electrons. The summed E-state index contributed by atoms with van der Waals surface area (Å²) < 4.78 is 25.4. The molecular weight excluding hydrogens is 290 g/mol. The van der Waals surface area contributed by atoms with Crippen LogP contribution < -0.4 is 10.6 Å². The minimum atomic E-state index is -3.49. The van der Waals surface area contributed by atoms with E-state index in [1.807, 2.05) is 19.9 Å².